The molecule has 0 N–H and O–H groups in total. The SMILES string of the molecule is COc1ccc(/C=C/CN2CCC[C@@H](Cn3cc(C(=O)N4CCCC4)nn3)C2)cc1. The lowest BCUT2D eigenvalue weighted by molar-refractivity contribution is 0.0787. The predicted molar refractivity (Wildman–Crippen MR) is 116 cm³/mol. The van der Waals surface area contributed by atoms with Crippen LogP contribution in [0.1, 0.15) is 41.7 Å². The highest BCUT2D eigenvalue weighted by Gasteiger charge is 2.24. The van der Waals surface area contributed by atoms with Gasteiger partial charge in [0.25, 0.3) is 5.91 Å². The first-order valence-corrected chi connectivity index (χ1v) is 10.9. The Bertz CT molecular complexity index is 855. The molecule has 7 nitrogen and oxygen atoms in total. The van der Waals surface area contributed by atoms with Crippen LogP contribution in [0.4, 0.5) is 0 Å². The number of methoxy groups -OCH3 is 1. The Labute approximate surface area is 178 Å². The Morgan fingerprint density at radius 1 is 1.17 bits per heavy atom. The van der Waals surface area contributed by atoms with E-state index in [9.17, 15) is 4.79 Å². The zero-order valence-corrected chi connectivity index (χ0v) is 17.7. The second kappa shape index (κ2) is 9.89. The summed E-state index contributed by atoms with van der Waals surface area (Å²) < 4.78 is 7.06. The number of ether oxygens (including phenoxy) is 1. The molecule has 4 rings (SSSR count). The zero-order chi connectivity index (χ0) is 20.8. The molecule has 1 amide bonds. The van der Waals surface area contributed by atoms with E-state index in [1.807, 2.05) is 27.9 Å². The quantitative estimate of drug-likeness (QED) is 0.704. The highest BCUT2D eigenvalue weighted by molar-refractivity contribution is 5.92. The van der Waals surface area contributed by atoms with E-state index in [1.54, 1.807) is 7.11 Å². The monoisotopic (exact) mass is 409 g/mol. The summed E-state index contributed by atoms with van der Waals surface area (Å²) in [5.74, 6) is 1.43. The lowest BCUT2D eigenvalue weighted by Gasteiger charge is -2.31. The van der Waals surface area contributed by atoms with Gasteiger partial charge < -0.3 is 9.64 Å². The van der Waals surface area contributed by atoms with Crippen molar-refractivity contribution in [3.63, 3.8) is 0 Å². The minimum absolute atomic E-state index is 0.0210. The fraction of sp³-hybridized carbons (Fsp3) is 0.522. The maximum absolute atomic E-state index is 12.5. The first-order chi connectivity index (χ1) is 14.7. The number of carbonyl (C=O) groups excluding carboxylic acids is 1. The van der Waals surface area contributed by atoms with Gasteiger partial charge >= 0.3 is 0 Å². The molecule has 2 aliphatic rings. The second-order valence-corrected chi connectivity index (χ2v) is 8.27. The van der Waals surface area contributed by atoms with Crippen LogP contribution in [-0.4, -0.2) is 70.5 Å². The molecule has 160 valence electrons. The van der Waals surface area contributed by atoms with Gasteiger partial charge in [0.15, 0.2) is 5.69 Å². The Kier molecular flexibility index (Phi) is 6.79. The third-order valence-electron chi connectivity index (χ3n) is 5.99. The predicted octanol–water partition coefficient (Wildman–Crippen LogP) is 2.95. The normalized spacial score (nSPS) is 20.2. The molecular weight excluding hydrogens is 378 g/mol. The molecule has 7 heteroatoms. The smallest absolute Gasteiger partial charge is 0.276 e. The third-order valence-corrected chi connectivity index (χ3v) is 5.99. The summed E-state index contributed by atoms with van der Waals surface area (Å²) in [7, 11) is 1.68. The molecule has 3 heterocycles. The molecule has 1 aromatic heterocycles. The number of piperidine rings is 1. The summed E-state index contributed by atoms with van der Waals surface area (Å²) in [5.41, 5.74) is 1.66. The zero-order valence-electron chi connectivity index (χ0n) is 17.7. The Balaban J connectivity index is 1.26. The number of rotatable bonds is 7. The van der Waals surface area contributed by atoms with E-state index in [4.69, 9.17) is 4.74 Å². The number of hydrogen-bond acceptors (Lipinski definition) is 5. The molecule has 2 saturated heterocycles. The molecule has 30 heavy (non-hydrogen) atoms. The van der Waals surface area contributed by atoms with E-state index in [0.29, 0.717) is 11.6 Å². The minimum Gasteiger partial charge on any atom is -0.497 e. The fourth-order valence-electron chi connectivity index (χ4n) is 4.35. The number of carbonyl (C=O) groups is 1. The summed E-state index contributed by atoms with van der Waals surface area (Å²) in [6.45, 7) is 5.61. The number of hydrogen-bond donors (Lipinski definition) is 0. The summed E-state index contributed by atoms with van der Waals surface area (Å²) in [4.78, 5) is 16.8. The average Bonchev–Trinajstić information content (AvgIpc) is 3.47. The van der Waals surface area contributed by atoms with Crippen molar-refractivity contribution in [1.29, 1.82) is 0 Å². The molecular formula is C23H31N5O2. The van der Waals surface area contributed by atoms with E-state index in [-0.39, 0.29) is 5.91 Å². The van der Waals surface area contributed by atoms with Crippen LogP contribution in [0.25, 0.3) is 6.08 Å². The molecule has 0 spiro atoms. The van der Waals surface area contributed by atoms with Crippen molar-refractivity contribution in [1.82, 2.24) is 24.8 Å². The van der Waals surface area contributed by atoms with E-state index >= 15 is 0 Å². The van der Waals surface area contributed by atoms with E-state index in [1.165, 1.54) is 18.4 Å². The van der Waals surface area contributed by atoms with Crippen LogP contribution < -0.4 is 4.74 Å². The van der Waals surface area contributed by atoms with Crippen molar-refractivity contribution in [2.75, 3.05) is 39.8 Å². The van der Waals surface area contributed by atoms with Gasteiger partial charge in [0, 0.05) is 32.7 Å². The van der Waals surface area contributed by atoms with Gasteiger partial charge in [-0.3, -0.25) is 14.4 Å². The van der Waals surface area contributed by atoms with E-state index in [2.05, 4.69) is 39.5 Å². The van der Waals surface area contributed by atoms with Gasteiger partial charge in [0.05, 0.1) is 13.3 Å². The van der Waals surface area contributed by atoms with Crippen LogP contribution in [0.5, 0.6) is 5.75 Å². The maximum Gasteiger partial charge on any atom is 0.276 e. The van der Waals surface area contributed by atoms with Crippen molar-refractivity contribution >= 4 is 12.0 Å². The number of benzene rings is 1. The highest BCUT2D eigenvalue weighted by Crippen LogP contribution is 2.19. The summed E-state index contributed by atoms with van der Waals surface area (Å²) in [6.07, 6.45) is 10.8. The van der Waals surface area contributed by atoms with Crippen molar-refractivity contribution in [2.45, 2.75) is 32.2 Å². The molecule has 0 aliphatic carbocycles. The van der Waals surface area contributed by atoms with Crippen LogP contribution in [0.2, 0.25) is 0 Å². The van der Waals surface area contributed by atoms with Crippen molar-refractivity contribution < 1.29 is 9.53 Å². The number of nitrogens with zero attached hydrogens (tertiary/aromatic N) is 5. The molecule has 2 aliphatic heterocycles. The van der Waals surface area contributed by atoms with E-state index < -0.39 is 0 Å². The summed E-state index contributed by atoms with van der Waals surface area (Å²) in [6, 6.07) is 8.11. The van der Waals surface area contributed by atoms with Crippen molar-refractivity contribution in [3.05, 3.63) is 47.8 Å². The van der Waals surface area contributed by atoms with Gasteiger partial charge in [0.1, 0.15) is 5.75 Å². The molecule has 2 fully saturated rings. The standard InChI is InChI=1S/C23H31N5O2/c1-30-21-10-8-19(9-11-21)6-4-12-26-13-5-7-20(16-26)17-28-18-22(24-25-28)23(29)27-14-2-3-15-27/h4,6,8-11,18,20H,2-3,5,7,12-17H2,1H3/b6-4+/t20-/m1/s1. The third kappa shape index (κ3) is 5.27. The molecule has 1 atom stereocenters. The molecule has 0 bridgehead atoms. The fourth-order valence-corrected chi connectivity index (χ4v) is 4.35. The maximum atomic E-state index is 12.5. The topological polar surface area (TPSA) is 63.5 Å². The van der Waals surface area contributed by atoms with Crippen molar-refractivity contribution in [3.8, 4) is 5.75 Å². The molecule has 0 radical (unpaired) electrons. The van der Waals surface area contributed by atoms with Gasteiger partial charge in [0.2, 0.25) is 0 Å². The number of amides is 1. The van der Waals surface area contributed by atoms with Gasteiger partial charge in [-0.05, 0) is 55.8 Å². The van der Waals surface area contributed by atoms with Gasteiger partial charge in [-0.1, -0.05) is 29.5 Å². The minimum atomic E-state index is 0.0210. The van der Waals surface area contributed by atoms with Crippen LogP contribution >= 0.6 is 0 Å². The Morgan fingerprint density at radius 2 is 1.97 bits per heavy atom. The largest absolute Gasteiger partial charge is 0.497 e. The lowest BCUT2D eigenvalue weighted by Crippen LogP contribution is -2.37. The highest BCUT2D eigenvalue weighted by atomic mass is 16.5. The summed E-state index contributed by atoms with van der Waals surface area (Å²) in [5, 5.41) is 8.35. The molecule has 1 aromatic carbocycles. The number of aromatic nitrogens is 3. The van der Waals surface area contributed by atoms with E-state index in [0.717, 1.165) is 57.9 Å². The summed E-state index contributed by atoms with van der Waals surface area (Å²) >= 11 is 0. The van der Waals surface area contributed by atoms with Crippen LogP contribution in [0.15, 0.2) is 36.5 Å². The van der Waals surface area contributed by atoms with Gasteiger partial charge in [-0.2, -0.15) is 0 Å². The first-order valence-electron chi connectivity index (χ1n) is 10.9. The van der Waals surface area contributed by atoms with Gasteiger partial charge in [-0.25, -0.2) is 0 Å². The lowest BCUT2D eigenvalue weighted by atomic mass is 9.98. The first kappa shape index (κ1) is 20.6. The molecule has 0 unspecified atom stereocenters. The second-order valence-electron chi connectivity index (χ2n) is 8.27. The average molecular weight is 410 g/mol. The Morgan fingerprint density at radius 3 is 2.73 bits per heavy atom. The van der Waals surface area contributed by atoms with Crippen molar-refractivity contribution in [2.24, 2.45) is 5.92 Å². The molecule has 0 saturated carbocycles. The number of likely N-dealkylation sites (tertiary alicyclic amines) is 2. The van der Waals surface area contributed by atoms with Gasteiger partial charge in [-0.15, -0.1) is 5.10 Å². The van der Waals surface area contributed by atoms with Crippen LogP contribution in [0, 0.1) is 5.92 Å². The molecule has 2 aromatic rings. The van der Waals surface area contributed by atoms with Crippen LogP contribution in [0.3, 0.4) is 0 Å². The Hall–Kier alpha value is -2.67. The van der Waals surface area contributed by atoms with Crippen LogP contribution in [-0.2, 0) is 6.54 Å².